The van der Waals surface area contributed by atoms with Crippen LogP contribution in [0.4, 0.5) is 0 Å². The van der Waals surface area contributed by atoms with E-state index in [0.717, 1.165) is 0 Å². The molecule has 0 unspecified atom stereocenters. The minimum atomic E-state index is -1.49. The normalized spacial score (nSPS) is 38.2. The van der Waals surface area contributed by atoms with Gasteiger partial charge < -0.3 is 25.2 Å². The smallest absolute Gasteiger partial charge is 0.340 e. The Labute approximate surface area is 94.7 Å². The van der Waals surface area contributed by atoms with Crippen molar-refractivity contribution < 1.29 is 25.2 Å². The van der Waals surface area contributed by atoms with Gasteiger partial charge in [0, 0.05) is 0 Å². The average Bonchev–Trinajstić information content (AvgIpc) is 2.73. The van der Waals surface area contributed by atoms with E-state index in [-0.39, 0.29) is 5.82 Å². The molecular formula is C8H13N3O6. The lowest BCUT2D eigenvalue weighted by molar-refractivity contribution is -0.233. The van der Waals surface area contributed by atoms with E-state index >= 15 is 0 Å². The number of nitrogens with one attached hydrogen (secondary N) is 2. The number of hydrogen-bond donors (Lipinski definition) is 6. The molecule has 17 heavy (non-hydrogen) atoms. The standard InChI is InChI=1S/C8H13N3O6/c12-1-2-3(13)4(14)5(15)6(17-2)7-9-8(16)11-10-7/h2-6,12-15H,1H2,(H2,9,10,11,16)/t2-,3-,4+,5-,6-/m1/s1. The highest BCUT2D eigenvalue weighted by atomic mass is 16.5. The molecule has 9 nitrogen and oxygen atoms in total. The highest BCUT2D eigenvalue weighted by Gasteiger charge is 2.45. The van der Waals surface area contributed by atoms with Crippen molar-refractivity contribution in [2.45, 2.75) is 30.5 Å². The number of rotatable bonds is 2. The molecule has 1 aromatic heterocycles. The topological polar surface area (TPSA) is 152 Å². The first kappa shape index (κ1) is 12.2. The van der Waals surface area contributed by atoms with Gasteiger partial charge in [-0.25, -0.2) is 9.89 Å². The molecule has 0 amide bonds. The van der Waals surface area contributed by atoms with Gasteiger partial charge in [-0.1, -0.05) is 0 Å². The maximum Gasteiger partial charge on any atom is 0.340 e. The van der Waals surface area contributed by atoms with E-state index in [9.17, 15) is 20.1 Å². The lowest BCUT2D eigenvalue weighted by atomic mass is 9.95. The van der Waals surface area contributed by atoms with Crippen molar-refractivity contribution in [3.63, 3.8) is 0 Å². The quantitative estimate of drug-likeness (QED) is 0.319. The fourth-order valence-electron chi connectivity index (χ4n) is 1.75. The van der Waals surface area contributed by atoms with Gasteiger partial charge in [-0.2, -0.15) is 5.10 Å². The Hall–Kier alpha value is -1.26. The molecule has 6 N–H and O–H groups in total. The van der Waals surface area contributed by atoms with Crippen LogP contribution in [0.3, 0.4) is 0 Å². The zero-order chi connectivity index (χ0) is 12.6. The van der Waals surface area contributed by atoms with Gasteiger partial charge >= 0.3 is 5.69 Å². The van der Waals surface area contributed by atoms with E-state index in [0.29, 0.717) is 0 Å². The van der Waals surface area contributed by atoms with Gasteiger partial charge in [0.1, 0.15) is 30.5 Å². The lowest BCUT2D eigenvalue weighted by Gasteiger charge is -2.38. The van der Waals surface area contributed by atoms with Crippen LogP contribution in [0.15, 0.2) is 4.79 Å². The molecule has 1 saturated heterocycles. The molecule has 0 aliphatic carbocycles. The lowest BCUT2D eigenvalue weighted by Crippen LogP contribution is -2.55. The Morgan fingerprint density at radius 1 is 1.24 bits per heavy atom. The molecular weight excluding hydrogens is 234 g/mol. The Kier molecular flexibility index (Phi) is 3.26. The second-order valence-electron chi connectivity index (χ2n) is 3.81. The van der Waals surface area contributed by atoms with Crippen molar-refractivity contribution in [3.05, 3.63) is 16.3 Å². The minimum Gasteiger partial charge on any atom is -0.394 e. The second kappa shape index (κ2) is 4.55. The van der Waals surface area contributed by atoms with E-state index in [1.54, 1.807) is 0 Å². The first-order valence-electron chi connectivity index (χ1n) is 4.99. The number of aliphatic hydroxyl groups excluding tert-OH is 4. The first-order valence-corrected chi connectivity index (χ1v) is 4.99. The van der Waals surface area contributed by atoms with E-state index in [4.69, 9.17) is 9.84 Å². The largest absolute Gasteiger partial charge is 0.394 e. The van der Waals surface area contributed by atoms with Crippen molar-refractivity contribution in [1.29, 1.82) is 0 Å². The van der Waals surface area contributed by atoms with Crippen molar-refractivity contribution in [2.24, 2.45) is 0 Å². The van der Waals surface area contributed by atoms with Crippen LogP contribution in [-0.2, 0) is 4.74 Å². The maximum atomic E-state index is 10.9. The molecule has 2 rings (SSSR count). The second-order valence-corrected chi connectivity index (χ2v) is 3.81. The predicted octanol–water partition coefficient (Wildman–Crippen LogP) is -3.39. The number of ether oxygens (including phenoxy) is 1. The van der Waals surface area contributed by atoms with Gasteiger partial charge in [0.25, 0.3) is 0 Å². The summed E-state index contributed by atoms with van der Waals surface area (Å²) < 4.78 is 5.17. The van der Waals surface area contributed by atoms with Crippen LogP contribution in [0, 0.1) is 0 Å². The summed E-state index contributed by atoms with van der Waals surface area (Å²) in [6.07, 6.45) is -6.53. The average molecular weight is 247 g/mol. The third-order valence-corrected chi connectivity index (χ3v) is 2.68. The molecule has 2 heterocycles. The van der Waals surface area contributed by atoms with Crippen LogP contribution >= 0.6 is 0 Å². The maximum absolute atomic E-state index is 10.9. The Balaban J connectivity index is 2.25. The molecule has 1 aromatic rings. The third kappa shape index (κ3) is 2.10. The predicted molar refractivity (Wildman–Crippen MR) is 51.9 cm³/mol. The van der Waals surface area contributed by atoms with Crippen LogP contribution in [0.25, 0.3) is 0 Å². The minimum absolute atomic E-state index is 0.00750. The highest BCUT2D eigenvalue weighted by Crippen LogP contribution is 2.29. The fourth-order valence-corrected chi connectivity index (χ4v) is 1.75. The van der Waals surface area contributed by atoms with Gasteiger partial charge in [-0.3, -0.25) is 4.98 Å². The molecule has 0 aromatic carbocycles. The number of H-pyrrole nitrogens is 2. The Morgan fingerprint density at radius 2 is 1.94 bits per heavy atom. The van der Waals surface area contributed by atoms with Crippen LogP contribution in [0.5, 0.6) is 0 Å². The molecule has 0 saturated carbocycles. The number of nitrogens with zero attached hydrogens (tertiary/aromatic N) is 1. The number of aromatic nitrogens is 3. The summed E-state index contributed by atoms with van der Waals surface area (Å²) in [5, 5.41) is 43.3. The summed E-state index contributed by atoms with van der Waals surface area (Å²) in [7, 11) is 0. The molecule has 9 heteroatoms. The van der Waals surface area contributed by atoms with Gasteiger partial charge in [0.2, 0.25) is 0 Å². The molecule has 0 radical (unpaired) electrons. The molecule has 96 valence electrons. The summed E-state index contributed by atoms with van der Waals surface area (Å²) in [4.78, 5) is 13.1. The van der Waals surface area contributed by atoms with Crippen LogP contribution in [0.2, 0.25) is 0 Å². The number of aromatic amines is 2. The summed E-state index contributed by atoms with van der Waals surface area (Å²) in [6.45, 7) is -0.532. The van der Waals surface area contributed by atoms with Crippen molar-refractivity contribution in [2.75, 3.05) is 6.61 Å². The van der Waals surface area contributed by atoms with Crippen molar-refractivity contribution >= 4 is 0 Å². The molecule has 1 aliphatic rings. The summed E-state index contributed by atoms with van der Waals surface area (Å²) >= 11 is 0. The SMILES string of the molecule is O=c1[nH]nc([C@@H]2O[C@H](CO)[C@@H](O)[C@H](O)[C@H]2O)[nH]1. The van der Waals surface area contributed by atoms with Crippen molar-refractivity contribution in [3.8, 4) is 0 Å². The zero-order valence-corrected chi connectivity index (χ0v) is 8.65. The van der Waals surface area contributed by atoms with E-state index in [2.05, 4.69) is 15.2 Å². The highest BCUT2D eigenvalue weighted by molar-refractivity contribution is 5.00. The number of aliphatic hydroxyl groups is 4. The van der Waals surface area contributed by atoms with E-state index < -0.39 is 42.8 Å². The van der Waals surface area contributed by atoms with E-state index in [1.165, 1.54) is 0 Å². The molecule has 5 atom stereocenters. The monoisotopic (exact) mass is 247 g/mol. The number of hydrogen-bond acceptors (Lipinski definition) is 7. The molecule has 1 fully saturated rings. The van der Waals surface area contributed by atoms with Gasteiger partial charge in [-0.05, 0) is 0 Å². The van der Waals surface area contributed by atoms with Crippen LogP contribution < -0.4 is 5.69 Å². The van der Waals surface area contributed by atoms with E-state index in [1.807, 2.05) is 0 Å². The Bertz CT molecular complexity index is 429. The van der Waals surface area contributed by atoms with Crippen LogP contribution in [0.1, 0.15) is 11.9 Å². The van der Waals surface area contributed by atoms with Crippen LogP contribution in [-0.4, -0.2) is 66.6 Å². The molecule has 0 spiro atoms. The Morgan fingerprint density at radius 3 is 2.47 bits per heavy atom. The van der Waals surface area contributed by atoms with Gasteiger partial charge in [-0.15, -0.1) is 0 Å². The first-order chi connectivity index (χ1) is 8.04. The van der Waals surface area contributed by atoms with Gasteiger partial charge in [0.15, 0.2) is 5.82 Å². The van der Waals surface area contributed by atoms with Crippen molar-refractivity contribution in [1.82, 2.24) is 15.2 Å². The fraction of sp³-hybridized carbons (Fsp3) is 0.750. The zero-order valence-electron chi connectivity index (χ0n) is 8.65. The summed E-state index contributed by atoms with van der Waals surface area (Å²) in [5.74, 6) is -0.00750. The summed E-state index contributed by atoms with van der Waals surface area (Å²) in [5.41, 5.74) is -0.586. The third-order valence-electron chi connectivity index (χ3n) is 2.68. The molecule has 1 aliphatic heterocycles. The molecule has 0 bridgehead atoms. The van der Waals surface area contributed by atoms with Gasteiger partial charge in [0.05, 0.1) is 6.61 Å². The summed E-state index contributed by atoms with van der Waals surface area (Å²) in [6, 6.07) is 0.